The molecular weight excluding hydrogens is 350 g/mol. The second-order valence-electron chi connectivity index (χ2n) is 6.91. The maximum Gasteiger partial charge on any atom is 0.259 e. The minimum atomic E-state index is -0.0829. The van der Waals surface area contributed by atoms with E-state index in [2.05, 4.69) is 23.5 Å². The molecule has 0 aliphatic heterocycles. The number of nitrogens with zero attached hydrogens (tertiary/aromatic N) is 3. The standard InChI is InChI=1S/C23H31N3O2/c1-4-16-25(2)17-7-5-6-8-18-28-22-13-11-21(12-14-22)26(3)23(27)20-10-9-15-24-19-20/h4,9-15,19H,1,5-8,16-18H2,2-3H3. The maximum absolute atomic E-state index is 12.5. The summed E-state index contributed by atoms with van der Waals surface area (Å²) >= 11 is 0. The van der Waals surface area contributed by atoms with Crippen molar-refractivity contribution in [2.24, 2.45) is 0 Å². The zero-order chi connectivity index (χ0) is 20.2. The van der Waals surface area contributed by atoms with Gasteiger partial charge in [0.15, 0.2) is 0 Å². The van der Waals surface area contributed by atoms with E-state index in [0.717, 1.165) is 30.9 Å². The van der Waals surface area contributed by atoms with E-state index in [4.69, 9.17) is 4.74 Å². The Bertz CT molecular complexity index is 716. The number of aromatic nitrogens is 1. The summed E-state index contributed by atoms with van der Waals surface area (Å²) in [6.45, 7) is 6.53. The molecule has 0 aliphatic carbocycles. The number of unbranched alkanes of at least 4 members (excludes halogenated alkanes) is 3. The van der Waals surface area contributed by atoms with Crippen LogP contribution in [-0.4, -0.2) is 49.6 Å². The van der Waals surface area contributed by atoms with Gasteiger partial charge in [0.05, 0.1) is 12.2 Å². The second kappa shape index (κ2) is 11.9. The van der Waals surface area contributed by atoms with Crippen molar-refractivity contribution in [1.82, 2.24) is 9.88 Å². The number of amides is 1. The van der Waals surface area contributed by atoms with Gasteiger partial charge < -0.3 is 14.5 Å². The molecule has 0 unspecified atom stereocenters. The number of benzene rings is 1. The smallest absolute Gasteiger partial charge is 0.259 e. The fourth-order valence-corrected chi connectivity index (χ4v) is 2.91. The molecule has 1 aromatic heterocycles. The number of hydrogen-bond donors (Lipinski definition) is 0. The van der Waals surface area contributed by atoms with Crippen LogP contribution in [-0.2, 0) is 0 Å². The van der Waals surface area contributed by atoms with Crippen LogP contribution in [0, 0.1) is 0 Å². The van der Waals surface area contributed by atoms with Gasteiger partial charge in [-0.15, -0.1) is 6.58 Å². The Morgan fingerprint density at radius 1 is 1.11 bits per heavy atom. The van der Waals surface area contributed by atoms with Gasteiger partial charge in [0.2, 0.25) is 0 Å². The molecule has 0 aliphatic rings. The molecule has 0 spiro atoms. The number of hydrogen-bond acceptors (Lipinski definition) is 4. The molecule has 150 valence electrons. The van der Waals surface area contributed by atoms with Gasteiger partial charge in [-0.25, -0.2) is 0 Å². The van der Waals surface area contributed by atoms with E-state index in [1.165, 1.54) is 19.3 Å². The normalized spacial score (nSPS) is 10.7. The number of ether oxygens (including phenoxy) is 1. The van der Waals surface area contributed by atoms with Crippen LogP contribution in [0.1, 0.15) is 36.0 Å². The number of anilines is 1. The van der Waals surface area contributed by atoms with Crippen molar-refractivity contribution in [2.45, 2.75) is 25.7 Å². The first kappa shape index (κ1) is 21.6. The molecule has 0 fully saturated rings. The molecule has 0 N–H and O–H groups in total. The predicted molar refractivity (Wildman–Crippen MR) is 115 cm³/mol. The van der Waals surface area contributed by atoms with Gasteiger partial charge in [-0.05, 0) is 62.8 Å². The molecule has 0 atom stereocenters. The molecule has 0 radical (unpaired) electrons. The van der Waals surface area contributed by atoms with Crippen molar-refractivity contribution >= 4 is 11.6 Å². The van der Waals surface area contributed by atoms with Crippen molar-refractivity contribution in [3.8, 4) is 5.75 Å². The summed E-state index contributed by atoms with van der Waals surface area (Å²) in [4.78, 5) is 20.3. The van der Waals surface area contributed by atoms with Crippen LogP contribution in [0.4, 0.5) is 5.69 Å². The molecule has 1 heterocycles. The highest BCUT2D eigenvalue weighted by Crippen LogP contribution is 2.20. The lowest BCUT2D eigenvalue weighted by molar-refractivity contribution is 0.0992. The molecule has 1 amide bonds. The molecule has 0 saturated carbocycles. The Balaban J connectivity index is 1.68. The third-order valence-electron chi connectivity index (χ3n) is 4.58. The van der Waals surface area contributed by atoms with Crippen LogP contribution in [0.15, 0.2) is 61.4 Å². The van der Waals surface area contributed by atoms with E-state index in [9.17, 15) is 4.79 Å². The first-order valence-corrected chi connectivity index (χ1v) is 9.82. The number of likely N-dealkylation sites (N-methyl/N-ethyl adjacent to an activating group) is 1. The first-order chi connectivity index (χ1) is 13.6. The molecule has 0 bridgehead atoms. The summed E-state index contributed by atoms with van der Waals surface area (Å²) in [7, 11) is 3.88. The van der Waals surface area contributed by atoms with Crippen molar-refractivity contribution < 1.29 is 9.53 Å². The Morgan fingerprint density at radius 3 is 2.54 bits per heavy atom. The SMILES string of the molecule is C=CCN(C)CCCCCCOc1ccc(N(C)C(=O)c2cccnc2)cc1. The van der Waals surface area contributed by atoms with E-state index < -0.39 is 0 Å². The summed E-state index contributed by atoms with van der Waals surface area (Å²) in [5.74, 6) is 0.747. The molecule has 0 saturated heterocycles. The highest BCUT2D eigenvalue weighted by molar-refractivity contribution is 6.05. The van der Waals surface area contributed by atoms with Crippen LogP contribution in [0.2, 0.25) is 0 Å². The van der Waals surface area contributed by atoms with Gasteiger partial charge in [0.25, 0.3) is 5.91 Å². The number of rotatable bonds is 12. The van der Waals surface area contributed by atoms with Crippen molar-refractivity contribution in [1.29, 1.82) is 0 Å². The van der Waals surface area contributed by atoms with Gasteiger partial charge in [-0.3, -0.25) is 9.78 Å². The van der Waals surface area contributed by atoms with Crippen molar-refractivity contribution in [3.05, 3.63) is 67.0 Å². The predicted octanol–water partition coefficient (Wildman–Crippen LogP) is 4.42. The van der Waals surface area contributed by atoms with Crippen LogP contribution in [0.5, 0.6) is 5.75 Å². The maximum atomic E-state index is 12.5. The summed E-state index contributed by atoms with van der Waals surface area (Å²) in [6, 6.07) is 11.1. The lowest BCUT2D eigenvalue weighted by atomic mass is 10.2. The van der Waals surface area contributed by atoms with E-state index in [1.807, 2.05) is 30.3 Å². The average Bonchev–Trinajstić information content (AvgIpc) is 2.73. The summed E-state index contributed by atoms with van der Waals surface area (Å²) in [5, 5.41) is 0. The summed E-state index contributed by atoms with van der Waals surface area (Å²) in [5.41, 5.74) is 1.39. The van der Waals surface area contributed by atoms with Crippen molar-refractivity contribution in [3.63, 3.8) is 0 Å². The van der Waals surface area contributed by atoms with E-state index in [0.29, 0.717) is 12.2 Å². The van der Waals surface area contributed by atoms with Gasteiger partial charge in [-0.2, -0.15) is 0 Å². The van der Waals surface area contributed by atoms with Gasteiger partial charge in [-0.1, -0.05) is 18.9 Å². The van der Waals surface area contributed by atoms with Crippen LogP contribution < -0.4 is 9.64 Å². The summed E-state index contributed by atoms with van der Waals surface area (Å²) < 4.78 is 5.81. The Morgan fingerprint density at radius 2 is 1.86 bits per heavy atom. The average molecular weight is 382 g/mol. The zero-order valence-corrected chi connectivity index (χ0v) is 17.0. The van der Waals surface area contributed by atoms with Gasteiger partial charge >= 0.3 is 0 Å². The third-order valence-corrected chi connectivity index (χ3v) is 4.58. The quantitative estimate of drug-likeness (QED) is 0.403. The third kappa shape index (κ3) is 7.16. The minimum absolute atomic E-state index is 0.0829. The van der Waals surface area contributed by atoms with Crippen molar-refractivity contribution in [2.75, 3.05) is 38.7 Å². The molecule has 5 nitrogen and oxygen atoms in total. The highest BCUT2D eigenvalue weighted by Gasteiger charge is 2.13. The molecule has 28 heavy (non-hydrogen) atoms. The first-order valence-electron chi connectivity index (χ1n) is 9.82. The van der Waals surface area contributed by atoms with E-state index in [1.54, 1.807) is 36.5 Å². The van der Waals surface area contributed by atoms with Gasteiger partial charge in [0, 0.05) is 31.7 Å². The number of carbonyl (C=O) groups excluding carboxylic acids is 1. The molecule has 1 aromatic carbocycles. The topological polar surface area (TPSA) is 45.7 Å². The lowest BCUT2D eigenvalue weighted by Crippen LogP contribution is -2.26. The molecule has 5 heteroatoms. The fourth-order valence-electron chi connectivity index (χ4n) is 2.91. The molecule has 2 rings (SSSR count). The largest absolute Gasteiger partial charge is 0.494 e. The highest BCUT2D eigenvalue weighted by atomic mass is 16.5. The van der Waals surface area contributed by atoms with Gasteiger partial charge in [0.1, 0.15) is 5.75 Å². The van der Waals surface area contributed by atoms with Crippen LogP contribution in [0.3, 0.4) is 0 Å². The summed E-state index contributed by atoms with van der Waals surface area (Å²) in [6.07, 6.45) is 9.81. The Kier molecular flexibility index (Phi) is 9.22. The fraction of sp³-hybridized carbons (Fsp3) is 0.391. The van der Waals surface area contributed by atoms with E-state index in [-0.39, 0.29) is 5.91 Å². The lowest BCUT2D eigenvalue weighted by Gasteiger charge is -2.17. The molecular formula is C23H31N3O2. The number of carbonyl (C=O) groups is 1. The monoisotopic (exact) mass is 381 g/mol. The number of pyridine rings is 1. The zero-order valence-electron chi connectivity index (χ0n) is 17.0. The second-order valence-corrected chi connectivity index (χ2v) is 6.91. The minimum Gasteiger partial charge on any atom is -0.494 e. The Hall–Kier alpha value is -2.66. The molecule has 2 aromatic rings. The van der Waals surface area contributed by atoms with E-state index >= 15 is 0 Å². The van der Waals surface area contributed by atoms with Crippen LogP contribution >= 0.6 is 0 Å². The Labute approximate surface area is 168 Å². The van der Waals surface area contributed by atoms with Crippen LogP contribution in [0.25, 0.3) is 0 Å².